The van der Waals surface area contributed by atoms with E-state index in [1.54, 1.807) is 6.92 Å². The summed E-state index contributed by atoms with van der Waals surface area (Å²) in [7, 11) is 0. The predicted molar refractivity (Wildman–Crippen MR) is 40.9 cm³/mol. The monoisotopic (exact) mass is 172 g/mol. The first-order valence-corrected chi connectivity index (χ1v) is 3.73. The molecule has 1 aliphatic rings. The molecule has 4 nitrogen and oxygen atoms in total. The zero-order valence-corrected chi connectivity index (χ0v) is 6.71. The van der Waals surface area contributed by atoms with E-state index in [9.17, 15) is 15.3 Å². The molecule has 1 rings (SSSR count). The molecule has 1 fully saturated rings. The van der Waals surface area contributed by atoms with Gasteiger partial charge in [0.15, 0.2) is 6.29 Å². The van der Waals surface area contributed by atoms with Crippen molar-refractivity contribution in [1.29, 1.82) is 0 Å². The van der Waals surface area contributed by atoms with Crippen LogP contribution in [-0.2, 0) is 4.74 Å². The Balaban J connectivity index is 2.74. The summed E-state index contributed by atoms with van der Waals surface area (Å²) in [6, 6.07) is 0. The van der Waals surface area contributed by atoms with Gasteiger partial charge in [0.25, 0.3) is 0 Å². The van der Waals surface area contributed by atoms with Crippen LogP contribution in [0.5, 0.6) is 0 Å². The molecule has 0 unspecified atom stereocenters. The fourth-order valence-corrected chi connectivity index (χ4v) is 1.22. The van der Waals surface area contributed by atoms with E-state index in [2.05, 4.69) is 5.92 Å². The van der Waals surface area contributed by atoms with E-state index in [4.69, 9.17) is 11.2 Å². The average Bonchev–Trinajstić information content (AvgIpc) is 2.01. The molecule has 0 spiro atoms. The molecule has 68 valence electrons. The summed E-state index contributed by atoms with van der Waals surface area (Å²) in [5, 5.41) is 27.8. The Morgan fingerprint density at radius 2 is 1.83 bits per heavy atom. The van der Waals surface area contributed by atoms with E-state index in [0.29, 0.717) is 0 Å². The summed E-state index contributed by atoms with van der Waals surface area (Å²) in [5.41, 5.74) is 0. The van der Waals surface area contributed by atoms with Gasteiger partial charge in [0.1, 0.15) is 12.2 Å². The Morgan fingerprint density at radius 3 is 2.33 bits per heavy atom. The molecular weight excluding hydrogens is 160 g/mol. The molecule has 12 heavy (non-hydrogen) atoms. The van der Waals surface area contributed by atoms with Gasteiger partial charge in [-0.25, -0.2) is 0 Å². The fourth-order valence-electron chi connectivity index (χ4n) is 1.22. The van der Waals surface area contributed by atoms with E-state index in [0.717, 1.165) is 0 Å². The van der Waals surface area contributed by atoms with Gasteiger partial charge < -0.3 is 20.1 Å². The van der Waals surface area contributed by atoms with Crippen LogP contribution in [0.1, 0.15) is 6.92 Å². The van der Waals surface area contributed by atoms with E-state index in [1.807, 2.05) is 0 Å². The molecular formula is C8H12O4. The maximum atomic E-state index is 9.35. The van der Waals surface area contributed by atoms with Crippen molar-refractivity contribution in [2.24, 2.45) is 5.92 Å². The second-order valence-electron chi connectivity index (χ2n) is 2.91. The summed E-state index contributed by atoms with van der Waals surface area (Å²) in [6.07, 6.45) is 1.09. The molecule has 4 heteroatoms. The molecule has 1 aliphatic heterocycles. The molecule has 5 atom stereocenters. The van der Waals surface area contributed by atoms with E-state index in [1.165, 1.54) is 0 Å². The third-order valence-corrected chi connectivity index (χ3v) is 2.05. The maximum absolute atomic E-state index is 9.35. The van der Waals surface area contributed by atoms with Crippen LogP contribution in [0.3, 0.4) is 0 Å². The Morgan fingerprint density at radius 1 is 1.25 bits per heavy atom. The quantitative estimate of drug-likeness (QED) is 0.397. The van der Waals surface area contributed by atoms with E-state index >= 15 is 0 Å². The first-order chi connectivity index (χ1) is 5.57. The van der Waals surface area contributed by atoms with Gasteiger partial charge >= 0.3 is 0 Å². The number of aliphatic hydroxyl groups is 3. The van der Waals surface area contributed by atoms with Crippen LogP contribution in [0.25, 0.3) is 0 Å². The molecule has 0 amide bonds. The first kappa shape index (κ1) is 9.49. The van der Waals surface area contributed by atoms with Crippen LogP contribution >= 0.6 is 0 Å². The number of ether oxygens (including phenoxy) is 1. The van der Waals surface area contributed by atoms with E-state index in [-0.39, 0.29) is 0 Å². The van der Waals surface area contributed by atoms with Crippen LogP contribution < -0.4 is 0 Å². The van der Waals surface area contributed by atoms with Gasteiger partial charge in [-0.05, 0) is 6.92 Å². The predicted octanol–water partition coefficient (Wildman–Crippen LogP) is -1.31. The van der Waals surface area contributed by atoms with Crippen molar-refractivity contribution in [3.05, 3.63) is 0 Å². The Kier molecular flexibility index (Phi) is 2.70. The van der Waals surface area contributed by atoms with Gasteiger partial charge in [0.2, 0.25) is 0 Å². The van der Waals surface area contributed by atoms with E-state index < -0.39 is 30.5 Å². The summed E-state index contributed by atoms with van der Waals surface area (Å²) < 4.78 is 4.88. The third-order valence-electron chi connectivity index (χ3n) is 2.05. The normalized spacial score (nSPS) is 48.4. The largest absolute Gasteiger partial charge is 0.389 e. The molecule has 0 saturated carbocycles. The summed E-state index contributed by atoms with van der Waals surface area (Å²) in [4.78, 5) is 0. The molecule has 0 bridgehead atoms. The molecule has 0 radical (unpaired) electrons. The van der Waals surface area contributed by atoms with Crippen LogP contribution in [0.4, 0.5) is 0 Å². The zero-order valence-electron chi connectivity index (χ0n) is 6.71. The summed E-state index contributed by atoms with van der Waals surface area (Å²) >= 11 is 0. The Hall–Kier alpha value is -0.600. The molecule has 0 aromatic carbocycles. The van der Waals surface area contributed by atoms with Gasteiger partial charge in [-0.15, -0.1) is 6.42 Å². The number of terminal acetylenes is 1. The van der Waals surface area contributed by atoms with Gasteiger partial charge in [-0.3, -0.25) is 0 Å². The second kappa shape index (κ2) is 3.42. The smallest absolute Gasteiger partial charge is 0.171 e. The SMILES string of the molecule is C#C[C@@H]1[C@@H](O)[C@@H](O)[C@@H](C)O[C@@H]1O. The Bertz CT molecular complexity index is 198. The lowest BCUT2D eigenvalue weighted by Crippen LogP contribution is -2.52. The third kappa shape index (κ3) is 1.45. The Labute approximate surface area is 70.8 Å². The minimum Gasteiger partial charge on any atom is -0.389 e. The fraction of sp³-hybridized carbons (Fsp3) is 0.750. The highest BCUT2D eigenvalue weighted by Crippen LogP contribution is 2.23. The van der Waals surface area contributed by atoms with Crippen molar-refractivity contribution in [3.8, 4) is 12.3 Å². The number of aliphatic hydroxyl groups excluding tert-OH is 3. The minimum atomic E-state index is -1.19. The van der Waals surface area contributed by atoms with Crippen molar-refractivity contribution in [3.63, 3.8) is 0 Å². The molecule has 3 N–H and O–H groups in total. The first-order valence-electron chi connectivity index (χ1n) is 3.73. The topological polar surface area (TPSA) is 69.9 Å². The molecule has 0 aliphatic carbocycles. The number of hydrogen-bond acceptors (Lipinski definition) is 4. The highest BCUT2D eigenvalue weighted by Gasteiger charge is 2.40. The van der Waals surface area contributed by atoms with Gasteiger partial charge in [-0.2, -0.15) is 0 Å². The van der Waals surface area contributed by atoms with Gasteiger partial charge in [0.05, 0.1) is 12.0 Å². The number of rotatable bonds is 0. The van der Waals surface area contributed by atoms with Crippen molar-refractivity contribution >= 4 is 0 Å². The van der Waals surface area contributed by atoms with Gasteiger partial charge in [-0.1, -0.05) is 5.92 Å². The highest BCUT2D eigenvalue weighted by atomic mass is 16.6. The number of hydrogen-bond donors (Lipinski definition) is 3. The summed E-state index contributed by atoms with van der Waals surface area (Å²) in [6.45, 7) is 1.56. The zero-order chi connectivity index (χ0) is 9.30. The van der Waals surface area contributed by atoms with Gasteiger partial charge in [0, 0.05) is 0 Å². The lowest BCUT2D eigenvalue weighted by atomic mass is 9.92. The van der Waals surface area contributed by atoms with Crippen molar-refractivity contribution in [2.75, 3.05) is 0 Å². The van der Waals surface area contributed by atoms with Crippen molar-refractivity contribution in [2.45, 2.75) is 31.5 Å². The average molecular weight is 172 g/mol. The molecule has 1 heterocycles. The maximum Gasteiger partial charge on any atom is 0.171 e. The van der Waals surface area contributed by atoms with Crippen LogP contribution in [0.15, 0.2) is 0 Å². The van der Waals surface area contributed by atoms with Crippen LogP contribution in [0, 0.1) is 18.3 Å². The summed E-state index contributed by atoms with van der Waals surface area (Å²) in [5.74, 6) is 1.32. The van der Waals surface area contributed by atoms with Crippen LogP contribution in [-0.4, -0.2) is 39.9 Å². The standard InChI is InChI=1S/C8H12O4/c1-3-5-7(10)6(9)4(2)12-8(5)11/h1,4-11H,2H3/t4-,5-,6+,7-,8+/m1/s1. The molecule has 1 saturated heterocycles. The molecule has 0 aromatic heterocycles. The lowest BCUT2D eigenvalue weighted by Gasteiger charge is -2.36. The molecule has 0 aromatic rings. The minimum absolute atomic E-state index is 0.598. The van der Waals surface area contributed by atoms with Crippen molar-refractivity contribution < 1.29 is 20.1 Å². The lowest BCUT2D eigenvalue weighted by molar-refractivity contribution is -0.246. The van der Waals surface area contributed by atoms with Crippen LogP contribution in [0.2, 0.25) is 0 Å². The highest BCUT2D eigenvalue weighted by molar-refractivity contribution is 5.03. The second-order valence-corrected chi connectivity index (χ2v) is 2.91. The van der Waals surface area contributed by atoms with Crippen molar-refractivity contribution in [1.82, 2.24) is 0 Å².